The summed E-state index contributed by atoms with van der Waals surface area (Å²) >= 11 is 0. The first-order chi connectivity index (χ1) is 7.38. The van der Waals surface area contributed by atoms with Crippen LogP contribution in [0.4, 0.5) is 0 Å². The van der Waals surface area contributed by atoms with Gasteiger partial charge in [0.05, 0.1) is 12.8 Å². The number of halogens is 1. The molecule has 98 valence electrons. The molecule has 0 aliphatic rings. The summed E-state index contributed by atoms with van der Waals surface area (Å²) in [5.41, 5.74) is 1.56. The molecule has 1 aromatic heterocycles. The lowest BCUT2D eigenvalue weighted by Gasteiger charge is -2.03. The van der Waals surface area contributed by atoms with Gasteiger partial charge in [0.1, 0.15) is 12.0 Å². The molecule has 0 aromatic carbocycles. The second kappa shape index (κ2) is 6.58. The van der Waals surface area contributed by atoms with Crippen LogP contribution >= 0.6 is 12.4 Å². The summed E-state index contributed by atoms with van der Waals surface area (Å²) < 4.78 is 27.9. The van der Waals surface area contributed by atoms with Crippen LogP contribution in [0.25, 0.3) is 0 Å². The van der Waals surface area contributed by atoms with Gasteiger partial charge in [-0.1, -0.05) is 5.16 Å². The Kier molecular flexibility index (Phi) is 6.14. The fourth-order valence-corrected chi connectivity index (χ4v) is 1.50. The fourth-order valence-electron chi connectivity index (χ4n) is 1.02. The van der Waals surface area contributed by atoms with E-state index in [1.165, 1.54) is 6.26 Å². The minimum Gasteiger partial charge on any atom is -0.364 e. The first-order valence-corrected chi connectivity index (χ1v) is 6.39. The first-order valence-electron chi connectivity index (χ1n) is 4.49. The molecule has 0 saturated heterocycles. The number of carbonyl (C=O) groups is 1. The van der Waals surface area contributed by atoms with Gasteiger partial charge in [-0.3, -0.25) is 9.52 Å². The lowest BCUT2D eigenvalue weighted by atomic mass is 10.3. The number of carbonyl (C=O) groups excluding carboxylic acids is 1. The highest BCUT2D eigenvalue weighted by Gasteiger charge is 2.08. The number of aryl methyl sites for hydroxylation is 1. The Morgan fingerprint density at radius 3 is 2.65 bits per heavy atom. The molecule has 0 radical (unpaired) electrons. The van der Waals surface area contributed by atoms with Crippen LogP contribution in [-0.2, 0) is 21.4 Å². The molecule has 0 unspecified atom stereocenters. The van der Waals surface area contributed by atoms with E-state index in [9.17, 15) is 13.2 Å². The number of nitrogens with zero attached hydrogens (tertiary/aromatic N) is 1. The number of hydrogen-bond donors (Lipinski definition) is 2. The molecule has 0 aliphatic heterocycles. The van der Waals surface area contributed by atoms with Gasteiger partial charge < -0.3 is 9.84 Å². The molecule has 0 saturated carbocycles. The predicted octanol–water partition coefficient (Wildman–Crippen LogP) is -0.430. The molecule has 0 fully saturated rings. The first kappa shape index (κ1) is 15.9. The number of aromatic nitrogens is 1. The van der Waals surface area contributed by atoms with E-state index in [0.29, 0.717) is 12.2 Å². The van der Waals surface area contributed by atoms with E-state index in [1.807, 2.05) is 11.6 Å². The monoisotopic (exact) mass is 283 g/mol. The second-order valence-electron chi connectivity index (χ2n) is 3.35. The smallest absolute Gasteiger partial charge is 0.247 e. The van der Waals surface area contributed by atoms with Crippen molar-refractivity contribution in [2.45, 2.75) is 13.5 Å². The van der Waals surface area contributed by atoms with E-state index in [0.717, 1.165) is 11.8 Å². The van der Waals surface area contributed by atoms with Crippen LogP contribution < -0.4 is 10.0 Å². The van der Waals surface area contributed by atoms with E-state index >= 15 is 0 Å². The zero-order valence-corrected chi connectivity index (χ0v) is 11.0. The minimum atomic E-state index is -3.49. The number of rotatable bonds is 5. The maximum absolute atomic E-state index is 11.1. The third-order valence-corrected chi connectivity index (χ3v) is 2.32. The molecule has 1 amide bonds. The fraction of sp³-hybridized carbons (Fsp3) is 0.500. The van der Waals surface area contributed by atoms with Crippen molar-refractivity contribution in [2.24, 2.45) is 0 Å². The van der Waals surface area contributed by atoms with Gasteiger partial charge in [-0.25, -0.2) is 8.42 Å². The number of sulfonamides is 1. The number of nitrogens with one attached hydrogen (secondary N) is 2. The number of hydrogen-bond acceptors (Lipinski definition) is 6. The largest absolute Gasteiger partial charge is 0.364 e. The molecule has 0 bridgehead atoms. The summed E-state index contributed by atoms with van der Waals surface area (Å²) in [6.45, 7) is 2.07. The van der Waals surface area contributed by atoms with E-state index in [4.69, 9.17) is 4.52 Å². The Morgan fingerprint density at radius 1 is 1.53 bits per heavy atom. The van der Waals surface area contributed by atoms with Crippen LogP contribution in [0.15, 0.2) is 10.8 Å². The summed E-state index contributed by atoms with van der Waals surface area (Å²) in [6, 6.07) is 0. The highest BCUT2D eigenvalue weighted by Crippen LogP contribution is 2.02. The molecule has 7 nitrogen and oxygen atoms in total. The quantitative estimate of drug-likeness (QED) is 0.760. The normalized spacial score (nSPS) is 10.7. The van der Waals surface area contributed by atoms with Crippen LogP contribution in [0, 0.1) is 6.92 Å². The van der Waals surface area contributed by atoms with Gasteiger partial charge in [-0.2, -0.15) is 0 Å². The molecule has 1 heterocycles. The van der Waals surface area contributed by atoms with Gasteiger partial charge in [0.15, 0.2) is 0 Å². The van der Waals surface area contributed by atoms with Gasteiger partial charge in [0.2, 0.25) is 15.9 Å². The highest BCUT2D eigenvalue weighted by molar-refractivity contribution is 7.89. The summed E-state index contributed by atoms with van der Waals surface area (Å²) in [6.07, 6.45) is 2.42. The predicted molar refractivity (Wildman–Crippen MR) is 63.2 cm³/mol. The summed E-state index contributed by atoms with van der Waals surface area (Å²) in [5, 5.41) is 6.45. The van der Waals surface area contributed by atoms with Gasteiger partial charge in [-0.15, -0.1) is 12.4 Å². The SMILES string of the molecule is Cc1conc1CNCC(=O)NS(C)(=O)=O.Cl. The van der Waals surface area contributed by atoms with Crippen LogP contribution in [0.1, 0.15) is 11.3 Å². The Balaban J connectivity index is 0.00000256. The average molecular weight is 284 g/mol. The summed E-state index contributed by atoms with van der Waals surface area (Å²) in [5.74, 6) is -0.608. The molecule has 0 aliphatic carbocycles. The van der Waals surface area contributed by atoms with Crippen molar-refractivity contribution in [1.29, 1.82) is 0 Å². The van der Waals surface area contributed by atoms with E-state index in [2.05, 4.69) is 10.5 Å². The molecular formula is C8H14ClN3O4S. The minimum absolute atomic E-state index is 0. The number of amides is 1. The molecule has 9 heteroatoms. The average Bonchev–Trinajstić information content (AvgIpc) is 2.48. The molecule has 0 spiro atoms. The third kappa shape index (κ3) is 6.25. The van der Waals surface area contributed by atoms with Crippen LogP contribution in [-0.4, -0.2) is 32.3 Å². The summed E-state index contributed by atoms with van der Waals surface area (Å²) in [7, 11) is -3.49. The Bertz CT molecular complexity index is 471. The molecule has 2 N–H and O–H groups in total. The maximum Gasteiger partial charge on any atom is 0.247 e. The molecule has 1 rings (SSSR count). The van der Waals surface area contributed by atoms with Gasteiger partial charge in [-0.05, 0) is 6.92 Å². The van der Waals surface area contributed by atoms with Crippen molar-refractivity contribution in [3.8, 4) is 0 Å². The van der Waals surface area contributed by atoms with Gasteiger partial charge in [0.25, 0.3) is 0 Å². The van der Waals surface area contributed by atoms with Gasteiger partial charge >= 0.3 is 0 Å². The molecule has 17 heavy (non-hydrogen) atoms. The van der Waals surface area contributed by atoms with E-state index in [-0.39, 0.29) is 19.0 Å². The zero-order chi connectivity index (χ0) is 12.2. The standard InChI is InChI=1S/C8H13N3O4S.ClH/c1-6-5-15-10-7(6)3-9-4-8(12)11-16(2,13)14;/h5,9H,3-4H2,1-2H3,(H,11,12);1H. The lowest BCUT2D eigenvalue weighted by molar-refractivity contribution is -0.118. The molecule has 1 aromatic rings. The van der Waals surface area contributed by atoms with Crippen molar-refractivity contribution < 1.29 is 17.7 Å². The van der Waals surface area contributed by atoms with Crippen molar-refractivity contribution in [3.63, 3.8) is 0 Å². The van der Waals surface area contributed by atoms with E-state index in [1.54, 1.807) is 0 Å². The Hall–Kier alpha value is -1.12. The van der Waals surface area contributed by atoms with Crippen molar-refractivity contribution >= 4 is 28.3 Å². The Morgan fingerprint density at radius 2 is 2.18 bits per heavy atom. The van der Waals surface area contributed by atoms with Crippen LogP contribution in [0.3, 0.4) is 0 Å². The van der Waals surface area contributed by atoms with Crippen molar-refractivity contribution in [1.82, 2.24) is 15.2 Å². The lowest BCUT2D eigenvalue weighted by Crippen LogP contribution is -2.36. The third-order valence-electron chi connectivity index (χ3n) is 1.72. The highest BCUT2D eigenvalue weighted by atomic mass is 35.5. The molecule has 0 atom stereocenters. The topological polar surface area (TPSA) is 101 Å². The van der Waals surface area contributed by atoms with E-state index < -0.39 is 15.9 Å². The second-order valence-corrected chi connectivity index (χ2v) is 5.09. The molecular weight excluding hydrogens is 270 g/mol. The maximum atomic E-state index is 11.1. The Labute approximate surface area is 105 Å². The van der Waals surface area contributed by atoms with Gasteiger partial charge in [0, 0.05) is 12.1 Å². The van der Waals surface area contributed by atoms with Crippen LogP contribution in [0.2, 0.25) is 0 Å². The summed E-state index contributed by atoms with van der Waals surface area (Å²) in [4.78, 5) is 11.1. The van der Waals surface area contributed by atoms with Crippen molar-refractivity contribution in [2.75, 3.05) is 12.8 Å². The zero-order valence-electron chi connectivity index (χ0n) is 9.39. The van der Waals surface area contributed by atoms with Crippen molar-refractivity contribution in [3.05, 3.63) is 17.5 Å². The van der Waals surface area contributed by atoms with Crippen LogP contribution in [0.5, 0.6) is 0 Å².